The van der Waals surface area contributed by atoms with E-state index in [0.29, 0.717) is 17.4 Å². The standard InChI is InChI=1S/C16H18N2O4/c1-3-8-17-15(20)10(2)22-16(21)12-9-14(19)18-13-7-5-4-6-11(12)13/h4-7,9-10H,3,8H2,1-2H3,(H,17,20)(H,18,19)/t10-/m1/s1. The van der Waals surface area contributed by atoms with Gasteiger partial charge < -0.3 is 15.0 Å². The van der Waals surface area contributed by atoms with Crippen molar-refractivity contribution in [2.24, 2.45) is 0 Å². The molecular formula is C16H18N2O4. The van der Waals surface area contributed by atoms with Crippen molar-refractivity contribution < 1.29 is 14.3 Å². The van der Waals surface area contributed by atoms with Crippen LogP contribution in [0.15, 0.2) is 35.1 Å². The molecule has 2 rings (SSSR count). The molecule has 116 valence electrons. The summed E-state index contributed by atoms with van der Waals surface area (Å²) < 4.78 is 5.15. The number of hydrogen-bond donors (Lipinski definition) is 2. The van der Waals surface area contributed by atoms with E-state index in [9.17, 15) is 14.4 Å². The number of carbonyl (C=O) groups is 2. The maximum Gasteiger partial charge on any atom is 0.339 e. The lowest BCUT2D eigenvalue weighted by Gasteiger charge is -2.13. The lowest BCUT2D eigenvalue weighted by atomic mass is 10.1. The fourth-order valence-electron chi connectivity index (χ4n) is 2.04. The third kappa shape index (κ3) is 3.52. The molecule has 2 aromatic rings. The summed E-state index contributed by atoms with van der Waals surface area (Å²) in [5.74, 6) is -1.05. The Hall–Kier alpha value is -2.63. The van der Waals surface area contributed by atoms with E-state index in [1.54, 1.807) is 24.3 Å². The van der Waals surface area contributed by atoms with Crippen LogP contribution >= 0.6 is 0 Å². The molecule has 0 aliphatic rings. The molecule has 1 heterocycles. The van der Waals surface area contributed by atoms with Gasteiger partial charge in [0.25, 0.3) is 5.91 Å². The van der Waals surface area contributed by atoms with Gasteiger partial charge in [0.05, 0.1) is 5.56 Å². The molecule has 0 bridgehead atoms. The summed E-state index contributed by atoms with van der Waals surface area (Å²) in [6.07, 6.45) is -0.123. The predicted octanol–water partition coefficient (Wildman–Crippen LogP) is 1.60. The number of para-hydroxylation sites is 1. The van der Waals surface area contributed by atoms with Crippen molar-refractivity contribution in [2.75, 3.05) is 6.54 Å². The molecular weight excluding hydrogens is 284 g/mol. The van der Waals surface area contributed by atoms with Gasteiger partial charge in [0.15, 0.2) is 6.10 Å². The molecule has 22 heavy (non-hydrogen) atoms. The monoisotopic (exact) mass is 302 g/mol. The minimum absolute atomic E-state index is 0.148. The molecule has 6 nitrogen and oxygen atoms in total. The summed E-state index contributed by atoms with van der Waals surface area (Å²) in [5, 5.41) is 3.23. The largest absolute Gasteiger partial charge is 0.449 e. The van der Waals surface area contributed by atoms with E-state index < -0.39 is 17.6 Å². The molecule has 1 amide bonds. The quantitative estimate of drug-likeness (QED) is 0.821. The zero-order valence-electron chi connectivity index (χ0n) is 12.5. The van der Waals surface area contributed by atoms with Crippen molar-refractivity contribution in [3.63, 3.8) is 0 Å². The molecule has 1 aromatic carbocycles. The van der Waals surface area contributed by atoms with E-state index in [1.807, 2.05) is 6.92 Å². The fraction of sp³-hybridized carbons (Fsp3) is 0.312. The fourth-order valence-corrected chi connectivity index (χ4v) is 2.04. The SMILES string of the molecule is CCCNC(=O)[C@@H](C)OC(=O)c1cc(=O)[nH]c2ccccc12. The Kier molecular flexibility index (Phi) is 4.93. The first-order chi connectivity index (χ1) is 10.5. The van der Waals surface area contributed by atoms with Crippen molar-refractivity contribution in [3.8, 4) is 0 Å². The van der Waals surface area contributed by atoms with E-state index in [-0.39, 0.29) is 11.5 Å². The highest BCUT2D eigenvalue weighted by molar-refractivity contribution is 6.03. The highest BCUT2D eigenvalue weighted by Gasteiger charge is 2.20. The highest BCUT2D eigenvalue weighted by Crippen LogP contribution is 2.16. The van der Waals surface area contributed by atoms with Crippen molar-refractivity contribution in [2.45, 2.75) is 26.4 Å². The van der Waals surface area contributed by atoms with Crippen LogP contribution in [0.2, 0.25) is 0 Å². The summed E-state index contributed by atoms with van der Waals surface area (Å²) in [6, 6.07) is 8.11. The Morgan fingerprint density at radius 3 is 2.77 bits per heavy atom. The first kappa shape index (κ1) is 15.8. The van der Waals surface area contributed by atoms with Crippen molar-refractivity contribution in [1.29, 1.82) is 0 Å². The van der Waals surface area contributed by atoms with Crippen LogP contribution in [0.4, 0.5) is 0 Å². The second kappa shape index (κ2) is 6.89. The van der Waals surface area contributed by atoms with Crippen molar-refractivity contribution in [3.05, 3.63) is 46.2 Å². The molecule has 0 aliphatic carbocycles. The Bertz CT molecular complexity index is 751. The number of esters is 1. The molecule has 0 aliphatic heterocycles. The van der Waals surface area contributed by atoms with Crippen LogP contribution in [0.25, 0.3) is 10.9 Å². The molecule has 0 saturated heterocycles. The molecule has 0 radical (unpaired) electrons. The van der Waals surface area contributed by atoms with Gasteiger partial charge in [-0.25, -0.2) is 4.79 Å². The lowest BCUT2D eigenvalue weighted by molar-refractivity contribution is -0.129. The van der Waals surface area contributed by atoms with Gasteiger partial charge in [0.1, 0.15) is 0 Å². The number of amides is 1. The predicted molar refractivity (Wildman–Crippen MR) is 82.7 cm³/mol. The third-order valence-electron chi connectivity index (χ3n) is 3.17. The van der Waals surface area contributed by atoms with Gasteiger partial charge in [-0.05, 0) is 19.4 Å². The number of ether oxygens (including phenoxy) is 1. The second-order valence-corrected chi connectivity index (χ2v) is 4.93. The summed E-state index contributed by atoms with van der Waals surface area (Å²) >= 11 is 0. The van der Waals surface area contributed by atoms with Crippen LogP contribution < -0.4 is 10.9 Å². The molecule has 0 fully saturated rings. The summed E-state index contributed by atoms with van der Waals surface area (Å²) in [6.45, 7) is 3.95. The van der Waals surface area contributed by atoms with Crippen LogP contribution in [0.1, 0.15) is 30.6 Å². The number of pyridine rings is 1. The van der Waals surface area contributed by atoms with Crippen molar-refractivity contribution in [1.82, 2.24) is 10.3 Å². The van der Waals surface area contributed by atoms with Crippen LogP contribution in [0, 0.1) is 0 Å². The molecule has 0 saturated carbocycles. The van der Waals surface area contributed by atoms with Gasteiger partial charge in [-0.15, -0.1) is 0 Å². The van der Waals surface area contributed by atoms with Gasteiger partial charge in [0, 0.05) is 23.5 Å². The van der Waals surface area contributed by atoms with Gasteiger partial charge in [-0.3, -0.25) is 9.59 Å². The van der Waals surface area contributed by atoms with Gasteiger partial charge in [-0.1, -0.05) is 25.1 Å². The first-order valence-corrected chi connectivity index (χ1v) is 7.13. The Morgan fingerprint density at radius 1 is 1.32 bits per heavy atom. The average Bonchev–Trinajstić information content (AvgIpc) is 2.51. The zero-order valence-corrected chi connectivity index (χ0v) is 12.5. The summed E-state index contributed by atoms with van der Waals surface area (Å²) in [5.41, 5.74) is 0.299. The summed E-state index contributed by atoms with van der Waals surface area (Å²) in [7, 11) is 0. The average molecular weight is 302 g/mol. The number of carbonyl (C=O) groups excluding carboxylic acids is 2. The van der Waals surface area contributed by atoms with Crippen LogP contribution in [-0.4, -0.2) is 29.5 Å². The van der Waals surface area contributed by atoms with Gasteiger partial charge in [-0.2, -0.15) is 0 Å². The molecule has 6 heteroatoms. The molecule has 0 unspecified atom stereocenters. The topological polar surface area (TPSA) is 88.3 Å². The molecule has 1 atom stereocenters. The van der Waals surface area contributed by atoms with E-state index in [4.69, 9.17) is 4.74 Å². The highest BCUT2D eigenvalue weighted by atomic mass is 16.5. The number of fused-ring (bicyclic) bond motifs is 1. The zero-order chi connectivity index (χ0) is 16.1. The maximum absolute atomic E-state index is 12.2. The van der Waals surface area contributed by atoms with Crippen LogP contribution in [-0.2, 0) is 9.53 Å². The minimum Gasteiger partial charge on any atom is -0.449 e. The van der Waals surface area contributed by atoms with Crippen molar-refractivity contribution >= 4 is 22.8 Å². The normalized spacial score (nSPS) is 11.9. The van der Waals surface area contributed by atoms with Crippen LogP contribution in [0.3, 0.4) is 0 Å². The number of aromatic nitrogens is 1. The number of benzene rings is 1. The molecule has 2 N–H and O–H groups in total. The molecule has 0 spiro atoms. The number of H-pyrrole nitrogens is 1. The third-order valence-corrected chi connectivity index (χ3v) is 3.17. The first-order valence-electron chi connectivity index (χ1n) is 7.13. The van der Waals surface area contributed by atoms with E-state index in [2.05, 4.69) is 10.3 Å². The number of nitrogens with one attached hydrogen (secondary N) is 2. The van der Waals surface area contributed by atoms with Crippen LogP contribution in [0.5, 0.6) is 0 Å². The Balaban J connectivity index is 2.23. The lowest BCUT2D eigenvalue weighted by Crippen LogP contribution is -2.36. The number of hydrogen-bond acceptors (Lipinski definition) is 4. The minimum atomic E-state index is -0.919. The van der Waals surface area contributed by atoms with Gasteiger partial charge in [0.2, 0.25) is 5.56 Å². The molecule has 1 aromatic heterocycles. The number of rotatable bonds is 5. The Morgan fingerprint density at radius 2 is 2.05 bits per heavy atom. The summed E-state index contributed by atoms with van der Waals surface area (Å²) in [4.78, 5) is 38.3. The maximum atomic E-state index is 12.2. The number of aromatic amines is 1. The smallest absolute Gasteiger partial charge is 0.339 e. The Labute approximate surface area is 127 Å². The van der Waals surface area contributed by atoms with E-state index >= 15 is 0 Å². The van der Waals surface area contributed by atoms with E-state index in [1.165, 1.54) is 13.0 Å². The van der Waals surface area contributed by atoms with E-state index in [0.717, 1.165) is 6.42 Å². The second-order valence-electron chi connectivity index (χ2n) is 4.93. The van der Waals surface area contributed by atoms with Gasteiger partial charge >= 0.3 is 5.97 Å².